The van der Waals surface area contributed by atoms with E-state index in [1.807, 2.05) is 18.2 Å². The molecule has 0 saturated carbocycles. The molecule has 0 bridgehead atoms. The van der Waals surface area contributed by atoms with Crippen LogP contribution in [0, 0.1) is 6.42 Å². The van der Waals surface area contributed by atoms with Gasteiger partial charge in [-0.1, -0.05) is 36.4 Å². The molecule has 32 heavy (non-hydrogen) atoms. The molecule has 165 valence electrons. The van der Waals surface area contributed by atoms with Crippen molar-refractivity contribution in [3.05, 3.63) is 77.7 Å². The van der Waals surface area contributed by atoms with Gasteiger partial charge in [0.25, 0.3) is 5.91 Å². The van der Waals surface area contributed by atoms with Crippen LogP contribution in [0.2, 0.25) is 0 Å². The average molecular weight is 451 g/mol. The average Bonchev–Trinajstić information content (AvgIpc) is 3.38. The van der Waals surface area contributed by atoms with Gasteiger partial charge in [0, 0.05) is 29.2 Å². The van der Waals surface area contributed by atoms with Gasteiger partial charge < -0.3 is 15.5 Å². The third-order valence-corrected chi connectivity index (χ3v) is 6.82. The van der Waals surface area contributed by atoms with Crippen LogP contribution < -0.4 is 5.73 Å². The quantitative estimate of drug-likeness (QED) is 0.650. The van der Waals surface area contributed by atoms with Crippen LogP contribution in [0.5, 0.6) is 0 Å². The first kappa shape index (κ1) is 22.1. The highest BCUT2D eigenvalue weighted by Crippen LogP contribution is 2.31. The van der Waals surface area contributed by atoms with Gasteiger partial charge in [-0.25, -0.2) is 0 Å². The van der Waals surface area contributed by atoms with Crippen molar-refractivity contribution in [3.63, 3.8) is 0 Å². The van der Waals surface area contributed by atoms with Crippen molar-refractivity contribution >= 4 is 35.3 Å². The highest BCUT2D eigenvalue weighted by Gasteiger charge is 2.51. The number of benzene rings is 2. The second-order valence-electron chi connectivity index (χ2n) is 7.84. The van der Waals surface area contributed by atoms with Crippen LogP contribution in [-0.4, -0.2) is 64.2 Å². The summed E-state index contributed by atoms with van der Waals surface area (Å²) in [6.07, 6.45) is 2.16. The Morgan fingerprint density at radius 1 is 1.03 bits per heavy atom. The minimum Gasteiger partial charge on any atom is -0.366 e. The second-order valence-corrected chi connectivity index (χ2v) is 8.87. The Morgan fingerprint density at radius 3 is 2.50 bits per heavy atom. The van der Waals surface area contributed by atoms with Crippen molar-refractivity contribution in [3.8, 4) is 0 Å². The number of thioether (sulfide) groups is 1. The molecular formula is C24H24N3O4S. The Kier molecular flexibility index (Phi) is 6.60. The lowest BCUT2D eigenvalue weighted by molar-refractivity contribution is -0.133. The van der Waals surface area contributed by atoms with Crippen LogP contribution in [0.1, 0.15) is 32.7 Å². The standard InChI is InChI=1S/C24H24N3O4S/c25-23(30)18-9-5-4-8-17(18)15-32-13-11-21(29)26-12-10-19-22(26)20(28)14-27(19)24(31)16-6-2-1-3-7-16/h1-9,11,19,22H,10,12-15H2,(H2,25,30). The van der Waals surface area contributed by atoms with E-state index in [0.717, 1.165) is 5.56 Å². The zero-order valence-corrected chi connectivity index (χ0v) is 18.3. The summed E-state index contributed by atoms with van der Waals surface area (Å²) in [4.78, 5) is 53.0. The molecule has 0 aromatic heterocycles. The molecule has 4 rings (SSSR count). The lowest BCUT2D eigenvalue weighted by Crippen LogP contribution is -2.43. The number of carbonyl (C=O) groups is 4. The minimum atomic E-state index is -0.577. The molecule has 2 saturated heterocycles. The lowest BCUT2D eigenvalue weighted by atomic mass is 10.1. The first-order valence-corrected chi connectivity index (χ1v) is 11.6. The molecule has 2 aromatic carbocycles. The fraction of sp³-hybridized carbons (Fsp3) is 0.292. The first-order valence-electron chi connectivity index (χ1n) is 10.5. The summed E-state index contributed by atoms with van der Waals surface area (Å²) in [7, 11) is 0. The maximum absolute atomic E-state index is 12.9. The van der Waals surface area contributed by atoms with Gasteiger partial charge in [0.1, 0.15) is 6.04 Å². The molecule has 2 atom stereocenters. The van der Waals surface area contributed by atoms with Crippen molar-refractivity contribution in [2.75, 3.05) is 18.8 Å². The van der Waals surface area contributed by atoms with E-state index in [4.69, 9.17) is 5.73 Å². The second kappa shape index (κ2) is 9.56. The summed E-state index contributed by atoms with van der Waals surface area (Å²) in [5, 5.41) is 0. The molecule has 2 heterocycles. The number of hydrogen-bond donors (Lipinski definition) is 1. The van der Waals surface area contributed by atoms with E-state index in [1.54, 1.807) is 52.6 Å². The summed E-state index contributed by atoms with van der Waals surface area (Å²) >= 11 is 1.49. The molecule has 3 amide bonds. The third kappa shape index (κ3) is 4.41. The highest BCUT2D eigenvalue weighted by molar-refractivity contribution is 7.98. The van der Waals surface area contributed by atoms with Gasteiger partial charge in [-0.05, 0) is 30.2 Å². The van der Waals surface area contributed by atoms with Crippen molar-refractivity contribution in [2.24, 2.45) is 5.73 Å². The molecule has 1 radical (unpaired) electrons. The summed E-state index contributed by atoms with van der Waals surface area (Å²) in [6, 6.07) is 15.2. The number of Topliss-reactive ketones (excluding diaryl/α,β-unsaturated/α-hetero) is 1. The molecule has 0 aliphatic carbocycles. The molecule has 2 aliphatic heterocycles. The minimum absolute atomic E-state index is 0.0332. The van der Waals surface area contributed by atoms with Crippen LogP contribution in [0.4, 0.5) is 0 Å². The normalized spacial score (nSPS) is 19.8. The van der Waals surface area contributed by atoms with Crippen molar-refractivity contribution in [1.29, 1.82) is 0 Å². The van der Waals surface area contributed by atoms with Gasteiger partial charge >= 0.3 is 0 Å². The third-order valence-electron chi connectivity index (χ3n) is 5.90. The van der Waals surface area contributed by atoms with Gasteiger partial charge in [-0.2, -0.15) is 11.8 Å². The maximum atomic E-state index is 12.9. The van der Waals surface area contributed by atoms with E-state index in [2.05, 4.69) is 0 Å². The number of nitrogens with zero attached hydrogens (tertiary/aromatic N) is 2. The number of primary amides is 1. The maximum Gasteiger partial charge on any atom is 0.254 e. The largest absolute Gasteiger partial charge is 0.366 e. The Bertz CT molecular complexity index is 1040. The smallest absolute Gasteiger partial charge is 0.254 e. The summed E-state index contributed by atoms with van der Waals surface area (Å²) in [5.74, 6) is 0.0534. The molecule has 2 fully saturated rings. The van der Waals surface area contributed by atoms with Crippen LogP contribution in [0.25, 0.3) is 0 Å². The molecule has 7 nitrogen and oxygen atoms in total. The summed E-state index contributed by atoms with van der Waals surface area (Å²) in [6.45, 7) is 0.482. The highest BCUT2D eigenvalue weighted by atomic mass is 32.2. The Morgan fingerprint density at radius 2 is 1.75 bits per heavy atom. The summed E-state index contributed by atoms with van der Waals surface area (Å²) in [5.41, 5.74) is 7.26. The topological polar surface area (TPSA) is 101 Å². The number of likely N-dealkylation sites (tertiary alicyclic amines) is 2. The van der Waals surface area contributed by atoms with E-state index in [9.17, 15) is 19.2 Å². The molecule has 2 aromatic rings. The van der Waals surface area contributed by atoms with Gasteiger partial charge in [-0.15, -0.1) is 0 Å². The number of ketones is 1. The Balaban J connectivity index is 1.32. The van der Waals surface area contributed by atoms with Gasteiger partial charge in [0.2, 0.25) is 11.8 Å². The van der Waals surface area contributed by atoms with Crippen molar-refractivity contribution in [2.45, 2.75) is 24.3 Å². The molecule has 2 aliphatic rings. The molecule has 8 heteroatoms. The molecule has 0 spiro atoms. The Hall–Kier alpha value is -3.13. The van der Waals surface area contributed by atoms with Crippen molar-refractivity contribution < 1.29 is 19.2 Å². The SMILES string of the molecule is NC(=O)c1ccccc1CSC[CH]C(=O)N1CCC2C1C(=O)CN2C(=O)c1ccccc1. The number of amides is 3. The predicted molar refractivity (Wildman–Crippen MR) is 122 cm³/mol. The van der Waals surface area contributed by atoms with E-state index in [0.29, 0.717) is 35.6 Å². The van der Waals surface area contributed by atoms with Crippen LogP contribution in [-0.2, 0) is 15.3 Å². The van der Waals surface area contributed by atoms with Crippen LogP contribution in [0.15, 0.2) is 54.6 Å². The number of carbonyl (C=O) groups excluding carboxylic acids is 4. The lowest BCUT2D eigenvalue weighted by Gasteiger charge is -2.24. The number of rotatable bonds is 7. The fourth-order valence-corrected chi connectivity index (χ4v) is 5.24. The number of hydrogen-bond acceptors (Lipinski definition) is 5. The Labute approximate surface area is 190 Å². The molecular weight excluding hydrogens is 426 g/mol. The fourth-order valence-electron chi connectivity index (χ4n) is 4.39. The zero-order chi connectivity index (χ0) is 22.7. The van der Waals surface area contributed by atoms with E-state index in [-0.39, 0.29) is 30.2 Å². The van der Waals surface area contributed by atoms with Gasteiger partial charge in [-0.3, -0.25) is 19.2 Å². The van der Waals surface area contributed by atoms with E-state index < -0.39 is 11.9 Å². The zero-order valence-electron chi connectivity index (χ0n) is 17.5. The van der Waals surface area contributed by atoms with E-state index in [1.165, 1.54) is 11.8 Å². The molecule has 2 N–H and O–H groups in total. The number of nitrogens with two attached hydrogens (primary N) is 1. The first-order chi connectivity index (χ1) is 15.5. The number of fused-ring (bicyclic) bond motifs is 1. The van der Waals surface area contributed by atoms with Gasteiger partial charge in [0.05, 0.1) is 19.0 Å². The van der Waals surface area contributed by atoms with Gasteiger partial charge in [0.15, 0.2) is 5.78 Å². The predicted octanol–water partition coefficient (Wildman–Crippen LogP) is 1.92. The van der Waals surface area contributed by atoms with Crippen LogP contribution >= 0.6 is 11.8 Å². The van der Waals surface area contributed by atoms with Crippen LogP contribution in [0.3, 0.4) is 0 Å². The summed E-state index contributed by atoms with van der Waals surface area (Å²) < 4.78 is 0. The van der Waals surface area contributed by atoms with Crippen molar-refractivity contribution in [1.82, 2.24) is 9.80 Å². The molecule has 2 unspecified atom stereocenters. The van der Waals surface area contributed by atoms with E-state index >= 15 is 0 Å². The monoisotopic (exact) mass is 450 g/mol.